The van der Waals surface area contributed by atoms with E-state index < -0.39 is 0 Å². The van der Waals surface area contributed by atoms with Gasteiger partial charge in [-0.3, -0.25) is 14.3 Å². The number of aliphatic imine (C=N–C) groups is 1. The predicted octanol–water partition coefficient (Wildman–Crippen LogP) is 0.0798. The summed E-state index contributed by atoms with van der Waals surface area (Å²) in [5, 5.41) is 0. The Morgan fingerprint density at radius 2 is 1.75 bits per heavy atom. The van der Waals surface area contributed by atoms with Crippen molar-refractivity contribution in [3.8, 4) is 0 Å². The molecule has 0 aromatic carbocycles. The van der Waals surface area contributed by atoms with Gasteiger partial charge in [-0.2, -0.15) is 0 Å². The van der Waals surface area contributed by atoms with E-state index in [1.165, 1.54) is 18.2 Å². The molecule has 1 aromatic heterocycles. The topological polar surface area (TPSA) is 108 Å². The Morgan fingerprint density at radius 1 is 1.05 bits per heavy atom. The molecule has 20 heavy (non-hydrogen) atoms. The summed E-state index contributed by atoms with van der Waals surface area (Å²) in [5.74, 6) is 0.155. The van der Waals surface area contributed by atoms with Crippen LogP contribution in [0.5, 0.6) is 0 Å². The highest BCUT2D eigenvalue weighted by atomic mass is 16.1. The van der Waals surface area contributed by atoms with E-state index >= 15 is 0 Å². The molecule has 0 saturated heterocycles. The first-order valence-electron chi connectivity index (χ1n) is 6.45. The lowest BCUT2D eigenvalue weighted by atomic mass is 10.1. The molecule has 1 aromatic rings. The number of allylic oxidation sites excluding steroid dienone is 3. The average Bonchev–Trinajstić information content (AvgIpc) is 2.67. The molecule has 0 saturated carbocycles. The summed E-state index contributed by atoms with van der Waals surface area (Å²) in [6.45, 7) is 1.36. The molecule has 2 aliphatic rings. The molecule has 4 N–H and O–H groups in total. The lowest BCUT2D eigenvalue weighted by molar-refractivity contribution is -0.110. The van der Waals surface area contributed by atoms with Crippen molar-refractivity contribution in [2.45, 2.75) is 25.9 Å². The Bertz CT molecular complexity index is 733. The smallest absolute Gasteiger partial charge is 0.294 e. The Hall–Kier alpha value is -2.57. The largest absolute Gasteiger partial charge is 0.397 e. The van der Waals surface area contributed by atoms with E-state index in [2.05, 4.69) is 4.99 Å². The second kappa shape index (κ2) is 4.52. The third-order valence-corrected chi connectivity index (χ3v) is 3.47. The summed E-state index contributed by atoms with van der Waals surface area (Å²) in [6.07, 6.45) is 6.08. The Kier molecular flexibility index (Phi) is 2.81. The van der Waals surface area contributed by atoms with Crippen molar-refractivity contribution in [2.75, 3.05) is 5.73 Å². The van der Waals surface area contributed by atoms with Crippen LogP contribution in [0, 0.1) is 0 Å². The molecule has 7 nitrogen and oxygen atoms in total. The maximum absolute atomic E-state index is 12.3. The molecule has 7 heteroatoms. The molecule has 0 spiro atoms. The predicted molar refractivity (Wildman–Crippen MR) is 75.9 cm³/mol. The van der Waals surface area contributed by atoms with E-state index in [4.69, 9.17) is 11.5 Å². The number of fused-ring (bicyclic) bond motifs is 1. The highest BCUT2D eigenvalue weighted by Gasteiger charge is 2.20. The van der Waals surface area contributed by atoms with Crippen LogP contribution in [0.1, 0.15) is 12.8 Å². The molecule has 1 aliphatic carbocycles. The summed E-state index contributed by atoms with van der Waals surface area (Å²) in [6, 6.07) is 0. The monoisotopic (exact) mass is 273 g/mol. The van der Waals surface area contributed by atoms with Gasteiger partial charge in [0.05, 0.1) is 11.4 Å². The molecule has 2 heterocycles. The zero-order valence-corrected chi connectivity index (χ0v) is 10.9. The van der Waals surface area contributed by atoms with Gasteiger partial charge in [0, 0.05) is 19.2 Å². The average molecular weight is 273 g/mol. The molecular weight excluding hydrogens is 258 g/mol. The number of nitrogen functional groups attached to an aromatic ring is 1. The van der Waals surface area contributed by atoms with Gasteiger partial charge in [0.15, 0.2) is 17.3 Å². The minimum Gasteiger partial charge on any atom is -0.397 e. The van der Waals surface area contributed by atoms with E-state index in [0.717, 1.165) is 12.8 Å². The van der Waals surface area contributed by atoms with Crippen molar-refractivity contribution >= 4 is 23.0 Å². The van der Waals surface area contributed by atoms with E-state index in [0.29, 0.717) is 24.6 Å². The number of nitrogens with zero attached hydrogens (tertiary/aromatic N) is 3. The summed E-state index contributed by atoms with van der Waals surface area (Å²) >= 11 is 0. The van der Waals surface area contributed by atoms with E-state index in [-0.39, 0.29) is 22.7 Å². The normalized spacial score (nSPS) is 20.1. The van der Waals surface area contributed by atoms with Crippen molar-refractivity contribution in [2.24, 2.45) is 10.7 Å². The molecule has 0 atom stereocenters. The van der Waals surface area contributed by atoms with Gasteiger partial charge < -0.3 is 11.5 Å². The molecule has 1 aliphatic heterocycles. The third kappa shape index (κ3) is 1.87. The fraction of sp³-hybridized carbons (Fsp3) is 0.308. The molecule has 0 radical (unpaired) electrons. The quantitative estimate of drug-likeness (QED) is 0.706. The minimum absolute atomic E-state index is 0.192. The first-order chi connectivity index (χ1) is 9.58. The number of rotatable bonds is 1. The highest BCUT2D eigenvalue weighted by Crippen LogP contribution is 2.22. The van der Waals surface area contributed by atoms with Crippen LogP contribution in [-0.4, -0.2) is 20.9 Å². The molecule has 0 fully saturated rings. The van der Waals surface area contributed by atoms with Crippen LogP contribution in [0.2, 0.25) is 0 Å². The lowest BCUT2D eigenvalue weighted by Crippen LogP contribution is -2.27. The number of hydrogen-bond acceptors (Lipinski definition) is 5. The Balaban J connectivity index is 2.11. The van der Waals surface area contributed by atoms with E-state index in [1.54, 1.807) is 9.36 Å². The summed E-state index contributed by atoms with van der Waals surface area (Å²) in [4.78, 5) is 27.7. The maximum atomic E-state index is 12.3. The zero-order valence-electron chi connectivity index (χ0n) is 10.9. The number of carbonyl (C=O) groups excluding carboxylic acids is 1. The number of nitrogens with two attached hydrogens (primary N) is 2. The van der Waals surface area contributed by atoms with Gasteiger partial charge in [-0.1, -0.05) is 0 Å². The maximum Gasteiger partial charge on any atom is 0.294 e. The zero-order chi connectivity index (χ0) is 14.3. The van der Waals surface area contributed by atoms with Crippen LogP contribution in [0.4, 0.5) is 11.5 Å². The number of aromatic nitrogens is 2. The number of carbonyl (C=O) groups is 1. The fourth-order valence-corrected chi connectivity index (χ4v) is 2.44. The second-order valence-electron chi connectivity index (χ2n) is 4.82. The van der Waals surface area contributed by atoms with Crippen molar-refractivity contribution in [3.05, 3.63) is 34.3 Å². The van der Waals surface area contributed by atoms with Gasteiger partial charge >= 0.3 is 0 Å². The first kappa shape index (κ1) is 12.5. The number of hydrogen-bond donors (Lipinski definition) is 2. The van der Waals surface area contributed by atoms with E-state index in [1.807, 2.05) is 0 Å². The standard InChI is InChI=1S/C13H15N5O2/c14-9-7-8(19)3-4-10(9)16-11-12(15)17-5-1-2-6-18(17)13(11)20/h3-4,7H,1-2,5-6,14-15H2. The second-order valence-corrected chi connectivity index (χ2v) is 4.82. The van der Waals surface area contributed by atoms with Crippen molar-refractivity contribution < 1.29 is 4.79 Å². The van der Waals surface area contributed by atoms with Gasteiger partial charge in [-0.05, 0) is 25.0 Å². The van der Waals surface area contributed by atoms with Crippen LogP contribution in [0.25, 0.3) is 0 Å². The fourth-order valence-electron chi connectivity index (χ4n) is 2.44. The van der Waals surface area contributed by atoms with E-state index in [9.17, 15) is 9.59 Å². The van der Waals surface area contributed by atoms with Crippen LogP contribution in [0.15, 0.2) is 33.7 Å². The summed E-state index contributed by atoms with van der Waals surface area (Å²) in [5.41, 5.74) is 12.3. The Morgan fingerprint density at radius 3 is 2.40 bits per heavy atom. The van der Waals surface area contributed by atoms with Crippen LogP contribution >= 0.6 is 0 Å². The molecule has 3 rings (SSSR count). The van der Waals surface area contributed by atoms with Crippen LogP contribution < -0.4 is 17.0 Å². The highest BCUT2D eigenvalue weighted by molar-refractivity contribution is 6.19. The molecule has 0 unspecified atom stereocenters. The molecule has 0 bridgehead atoms. The molecule has 0 amide bonds. The van der Waals surface area contributed by atoms with Crippen LogP contribution in [0.3, 0.4) is 0 Å². The Labute approximate surface area is 114 Å². The van der Waals surface area contributed by atoms with Gasteiger partial charge in [0.1, 0.15) is 0 Å². The molecule has 104 valence electrons. The number of ketones is 1. The lowest BCUT2D eigenvalue weighted by Gasteiger charge is -2.17. The van der Waals surface area contributed by atoms with Crippen molar-refractivity contribution in [1.82, 2.24) is 9.36 Å². The SMILES string of the molecule is NC1=CC(=O)C=CC1=Nc1c(N)n2n(c1=O)CCCC2. The van der Waals surface area contributed by atoms with Crippen molar-refractivity contribution in [3.63, 3.8) is 0 Å². The van der Waals surface area contributed by atoms with Crippen molar-refractivity contribution in [1.29, 1.82) is 0 Å². The van der Waals surface area contributed by atoms with Gasteiger partial charge in [0.2, 0.25) is 0 Å². The molecular formula is C13H15N5O2. The van der Waals surface area contributed by atoms with Crippen LogP contribution in [-0.2, 0) is 17.9 Å². The third-order valence-electron chi connectivity index (χ3n) is 3.47. The van der Waals surface area contributed by atoms with Gasteiger partial charge in [0.25, 0.3) is 5.56 Å². The first-order valence-corrected chi connectivity index (χ1v) is 6.45. The minimum atomic E-state index is -0.215. The number of anilines is 1. The van der Waals surface area contributed by atoms with Gasteiger partial charge in [-0.25, -0.2) is 9.67 Å². The van der Waals surface area contributed by atoms with Gasteiger partial charge in [-0.15, -0.1) is 0 Å². The summed E-state index contributed by atoms with van der Waals surface area (Å²) < 4.78 is 3.36. The summed E-state index contributed by atoms with van der Waals surface area (Å²) in [7, 11) is 0.